The van der Waals surface area contributed by atoms with Crippen LogP contribution in [0, 0.1) is 0 Å². The Hall–Kier alpha value is -3.31. The van der Waals surface area contributed by atoms with Gasteiger partial charge in [-0.2, -0.15) is 9.78 Å². The standard InChI is InChI=1S/C23H17N3OS/c1-2-17-12-20-22(28-17)24-14-26(23(20)27)25-13-21-18-9-5-3-7-15(18)11-16-8-4-6-10-19(16)21/h3-14H,2H2,1H3/b25-13-. The first-order valence-electron chi connectivity index (χ1n) is 9.19. The summed E-state index contributed by atoms with van der Waals surface area (Å²) >= 11 is 1.56. The van der Waals surface area contributed by atoms with E-state index in [1.54, 1.807) is 17.6 Å². The van der Waals surface area contributed by atoms with Crippen molar-refractivity contribution in [3.05, 3.63) is 87.8 Å². The molecule has 0 unspecified atom stereocenters. The highest BCUT2D eigenvalue weighted by atomic mass is 32.1. The van der Waals surface area contributed by atoms with Crippen molar-refractivity contribution in [3.8, 4) is 0 Å². The van der Waals surface area contributed by atoms with Gasteiger partial charge in [-0.3, -0.25) is 4.79 Å². The third-order valence-electron chi connectivity index (χ3n) is 4.96. The summed E-state index contributed by atoms with van der Waals surface area (Å²) in [5, 5.41) is 9.62. The highest BCUT2D eigenvalue weighted by Gasteiger charge is 2.09. The maximum absolute atomic E-state index is 12.8. The van der Waals surface area contributed by atoms with Gasteiger partial charge < -0.3 is 0 Å². The fraction of sp³-hybridized carbons (Fsp3) is 0.0870. The van der Waals surface area contributed by atoms with Crippen molar-refractivity contribution < 1.29 is 0 Å². The largest absolute Gasteiger partial charge is 0.282 e. The van der Waals surface area contributed by atoms with Crippen LogP contribution in [0.25, 0.3) is 31.8 Å². The highest BCUT2D eigenvalue weighted by molar-refractivity contribution is 7.18. The summed E-state index contributed by atoms with van der Waals surface area (Å²) < 4.78 is 1.32. The van der Waals surface area contributed by atoms with Gasteiger partial charge in [-0.05, 0) is 40.1 Å². The molecule has 0 aliphatic heterocycles. The first-order valence-corrected chi connectivity index (χ1v) is 10.0. The fourth-order valence-electron chi connectivity index (χ4n) is 3.53. The summed E-state index contributed by atoms with van der Waals surface area (Å²) in [7, 11) is 0. The second-order valence-corrected chi connectivity index (χ2v) is 7.77. The summed E-state index contributed by atoms with van der Waals surface area (Å²) in [6.45, 7) is 2.08. The lowest BCUT2D eigenvalue weighted by molar-refractivity contribution is 0.819. The van der Waals surface area contributed by atoms with Crippen LogP contribution < -0.4 is 5.56 Å². The number of fused-ring (bicyclic) bond motifs is 3. The van der Waals surface area contributed by atoms with E-state index in [0.29, 0.717) is 5.39 Å². The predicted octanol–water partition coefficient (Wildman–Crippen LogP) is 5.21. The van der Waals surface area contributed by atoms with Gasteiger partial charge in [0.2, 0.25) is 0 Å². The SMILES string of the molecule is CCc1cc2c(=O)n(/N=C\c3c4ccccc4cc4ccccc34)cnc2s1. The van der Waals surface area contributed by atoms with Crippen molar-refractivity contribution in [2.45, 2.75) is 13.3 Å². The van der Waals surface area contributed by atoms with Crippen LogP contribution >= 0.6 is 11.3 Å². The molecule has 0 saturated heterocycles. The number of nitrogens with zero attached hydrogens (tertiary/aromatic N) is 3. The van der Waals surface area contributed by atoms with E-state index in [1.807, 2.05) is 30.3 Å². The zero-order chi connectivity index (χ0) is 19.1. The van der Waals surface area contributed by atoms with E-state index in [0.717, 1.165) is 43.2 Å². The zero-order valence-electron chi connectivity index (χ0n) is 15.3. The Balaban J connectivity index is 1.71. The molecule has 5 aromatic rings. The molecule has 0 amide bonds. The van der Waals surface area contributed by atoms with Crippen LogP contribution in [0.5, 0.6) is 0 Å². The lowest BCUT2D eigenvalue weighted by Crippen LogP contribution is -2.16. The lowest BCUT2D eigenvalue weighted by Gasteiger charge is -2.08. The first-order chi connectivity index (χ1) is 13.7. The molecule has 28 heavy (non-hydrogen) atoms. The molecule has 2 aromatic heterocycles. The van der Waals surface area contributed by atoms with E-state index >= 15 is 0 Å². The van der Waals surface area contributed by atoms with E-state index in [9.17, 15) is 4.79 Å². The molecular weight excluding hydrogens is 366 g/mol. The molecule has 0 fully saturated rings. The number of rotatable bonds is 3. The second-order valence-electron chi connectivity index (χ2n) is 6.66. The molecule has 2 heterocycles. The Kier molecular flexibility index (Phi) is 4.02. The third-order valence-corrected chi connectivity index (χ3v) is 6.15. The molecule has 0 atom stereocenters. The lowest BCUT2D eigenvalue weighted by atomic mass is 9.97. The van der Waals surface area contributed by atoms with Gasteiger partial charge in [0, 0.05) is 10.4 Å². The molecule has 0 bridgehead atoms. The maximum Gasteiger partial charge on any atom is 0.282 e. The number of thiophene rings is 1. The number of aromatic nitrogens is 2. The first kappa shape index (κ1) is 16.8. The summed E-state index contributed by atoms with van der Waals surface area (Å²) in [6, 6.07) is 20.6. The molecule has 4 nitrogen and oxygen atoms in total. The molecule has 0 saturated carbocycles. The van der Waals surface area contributed by atoms with Crippen LogP contribution in [0.4, 0.5) is 0 Å². The average molecular weight is 383 g/mol. The van der Waals surface area contributed by atoms with Crippen molar-refractivity contribution in [2.75, 3.05) is 0 Å². The van der Waals surface area contributed by atoms with Gasteiger partial charge in [0.1, 0.15) is 11.2 Å². The van der Waals surface area contributed by atoms with Crippen LogP contribution in [0.3, 0.4) is 0 Å². The molecule has 5 heteroatoms. The molecule has 0 spiro atoms. The van der Waals surface area contributed by atoms with E-state index in [4.69, 9.17) is 0 Å². The van der Waals surface area contributed by atoms with Crippen molar-refractivity contribution >= 4 is 49.3 Å². The second kappa shape index (κ2) is 6.69. The number of aryl methyl sites for hydroxylation is 1. The molecule has 0 N–H and O–H groups in total. The zero-order valence-corrected chi connectivity index (χ0v) is 16.1. The van der Waals surface area contributed by atoms with Gasteiger partial charge in [-0.1, -0.05) is 55.5 Å². The van der Waals surface area contributed by atoms with Gasteiger partial charge >= 0.3 is 0 Å². The van der Waals surface area contributed by atoms with E-state index in [-0.39, 0.29) is 5.56 Å². The summed E-state index contributed by atoms with van der Waals surface area (Å²) in [5.41, 5.74) is 0.863. The van der Waals surface area contributed by atoms with Gasteiger partial charge in [0.25, 0.3) is 5.56 Å². The van der Waals surface area contributed by atoms with Crippen molar-refractivity contribution in [3.63, 3.8) is 0 Å². The van der Waals surface area contributed by atoms with E-state index in [2.05, 4.69) is 47.3 Å². The minimum atomic E-state index is -0.137. The number of hydrogen-bond acceptors (Lipinski definition) is 4. The smallest absolute Gasteiger partial charge is 0.267 e. The Morgan fingerprint density at radius 1 is 1.00 bits per heavy atom. The predicted molar refractivity (Wildman–Crippen MR) is 118 cm³/mol. The molecule has 136 valence electrons. The third kappa shape index (κ3) is 2.72. The molecule has 0 aliphatic carbocycles. The van der Waals surface area contributed by atoms with Crippen molar-refractivity contribution in [1.29, 1.82) is 0 Å². The summed E-state index contributed by atoms with van der Waals surface area (Å²) in [6.07, 6.45) is 4.17. The average Bonchev–Trinajstić information content (AvgIpc) is 3.17. The van der Waals surface area contributed by atoms with Gasteiger partial charge in [-0.15, -0.1) is 11.3 Å². The van der Waals surface area contributed by atoms with E-state index < -0.39 is 0 Å². The normalized spacial score (nSPS) is 11.9. The minimum Gasteiger partial charge on any atom is -0.267 e. The van der Waals surface area contributed by atoms with Crippen LogP contribution in [-0.2, 0) is 6.42 Å². The molecule has 0 radical (unpaired) electrons. The number of benzene rings is 3. The van der Waals surface area contributed by atoms with Gasteiger partial charge in [0.05, 0.1) is 11.6 Å². The van der Waals surface area contributed by atoms with Crippen LogP contribution in [-0.4, -0.2) is 15.9 Å². The Bertz CT molecular complexity index is 1370. The van der Waals surface area contributed by atoms with Crippen molar-refractivity contribution in [1.82, 2.24) is 9.66 Å². The minimum absolute atomic E-state index is 0.137. The molecule has 5 rings (SSSR count). The Morgan fingerprint density at radius 2 is 1.68 bits per heavy atom. The van der Waals surface area contributed by atoms with Gasteiger partial charge in [0.15, 0.2) is 0 Å². The Labute approximate surface area is 165 Å². The number of hydrogen-bond donors (Lipinski definition) is 0. The fourth-order valence-corrected chi connectivity index (χ4v) is 4.45. The topological polar surface area (TPSA) is 47.2 Å². The molecular formula is C23H17N3OS. The Morgan fingerprint density at radius 3 is 2.36 bits per heavy atom. The maximum atomic E-state index is 12.8. The molecule has 3 aromatic carbocycles. The van der Waals surface area contributed by atoms with Crippen LogP contribution in [0.1, 0.15) is 17.4 Å². The monoisotopic (exact) mass is 383 g/mol. The van der Waals surface area contributed by atoms with Gasteiger partial charge in [-0.25, -0.2) is 4.98 Å². The summed E-state index contributed by atoms with van der Waals surface area (Å²) in [4.78, 5) is 19.2. The summed E-state index contributed by atoms with van der Waals surface area (Å²) in [5.74, 6) is 0. The quantitative estimate of drug-likeness (QED) is 0.317. The van der Waals surface area contributed by atoms with Crippen molar-refractivity contribution in [2.24, 2.45) is 5.10 Å². The van der Waals surface area contributed by atoms with Crippen LogP contribution in [0.15, 0.2) is 76.9 Å². The highest BCUT2D eigenvalue weighted by Crippen LogP contribution is 2.27. The van der Waals surface area contributed by atoms with E-state index in [1.165, 1.54) is 11.0 Å². The molecule has 0 aliphatic rings. The van der Waals surface area contributed by atoms with Crippen LogP contribution in [0.2, 0.25) is 0 Å².